The molecule has 2 aliphatic rings. The van der Waals surface area contributed by atoms with Crippen LogP contribution in [0.4, 0.5) is 4.79 Å². The molecule has 0 saturated carbocycles. The second-order valence-electron chi connectivity index (χ2n) is 11.5. The summed E-state index contributed by atoms with van der Waals surface area (Å²) >= 11 is 0. The minimum Gasteiger partial charge on any atom is -0.508 e. The maximum absolute atomic E-state index is 12.7. The van der Waals surface area contributed by atoms with Crippen LogP contribution >= 0.6 is 0 Å². The number of alkyl carbamates (subject to hydrolysis) is 1. The van der Waals surface area contributed by atoms with Crippen molar-refractivity contribution in [1.29, 1.82) is 0 Å². The van der Waals surface area contributed by atoms with Crippen molar-refractivity contribution in [2.24, 2.45) is 21.3 Å². The number of rotatable bonds is 9. The first-order valence-corrected chi connectivity index (χ1v) is 13.1. The van der Waals surface area contributed by atoms with E-state index in [2.05, 4.69) is 36.6 Å². The van der Waals surface area contributed by atoms with Crippen molar-refractivity contribution in [3.05, 3.63) is 53.9 Å². The third-order valence-corrected chi connectivity index (χ3v) is 5.82. The van der Waals surface area contributed by atoms with Gasteiger partial charge in [0.15, 0.2) is 0 Å². The molecule has 0 aromatic heterocycles. The molecule has 2 unspecified atom stereocenters. The number of nitrogens with zero attached hydrogens (tertiary/aromatic N) is 2. The molecule has 212 valence electrons. The molecule has 11 heteroatoms. The molecule has 1 aromatic rings. The Balaban J connectivity index is 1.44. The summed E-state index contributed by atoms with van der Waals surface area (Å²) in [6.45, 7) is 12.9. The van der Waals surface area contributed by atoms with Gasteiger partial charge in [-0.2, -0.15) is 0 Å². The van der Waals surface area contributed by atoms with Crippen LogP contribution in [0, 0.1) is 11.3 Å². The Morgan fingerprint density at radius 1 is 1.10 bits per heavy atom. The Morgan fingerprint density at radius 2 is 1.79 bits per heavy atom. The minimum absolute atomic E-state index is 0.115. The van der Waals surface area contributed by atoms with E-state index in [-0.39, 0.29) is 29.2 Å². The van der Waals surface area contributed by atoms with E-state index in [9.17, 15) is 14.7 Å². The summed E-state index contributed by atoms with van der Waals surface area (Å²) in [6, 6.07) is 7.03. The molecule has 0 radical (unpaired) electrons. The van der Waals surface area contributed by atoms with Crippen LogP contribution in [0.25, 0.3) is 0 Å². The number of hydrogen-bond donors (Lipinski definition) is 6. The monoisotopic (exact) mass is 539 g/mol. The maximum atomic E-state index is 12.7. The average molecular weight is 540 g/mol. The molecule has 0 fully saturated rings. The van der Waals surface area contributed by atoms with Gasteiger partial charge in [0.1, 0.15) is 35.0 Å². The number of phenols is 1. The summed E-state index contributed by atoms with van der Waals surface area (Å²) in [4.78, 5) is 33.8. The molecule has 0 bridgehead atoms. The fourth-order valence-electron chi connectivity index (χ4n) is 3.74. The van der Waals surface area contributed by atoms with Gasteiger partial charge in [-0.15, -0.1) is 0 Å². The number of nitrogens with one attached hydrogen (secondary N) is 5. The number of benzene rings is 1. The van der Waals surface area contributed by atoms with Gasteiger partial charge in [-0.3, -0.25) is 15.1 Å². The van der Waals surface area contributed by atoms with Crippen molar-refractivity contribution in [2.45, 2.75) is 59.9 Å². The SMILES string of the molecule is CC1=NC(NCc2ccc(O)cc2)C=C(NC2=NCC(C(=O)NCC(C)(C)CNC(=O)OC(C)(C)C)C=C2)N1. The van der Waals surface area contributed by atoms with E-state index >= 15 is 0 Å². The normalized spacial score (nSPS) is 19.2. The first-order chi connectivity index (χ1) is 18.3. The summed E-state index contributed by atoms with van der Waals surface area (Å²) in [5, 5.41) is 25.0. The number of hydrogen-bond acceptors (Lipinski definition) is 9. The molecule has 3 rings (SSSR count). The van der Waals surface area contributed by atoms with Crippen molar-refractivity contribution in [2.75, 3.05) is 19.6 Å². The van der Waals surface area contributed by atoms with Crippen LogP contribution in [-0.4, -0.2) is 60.2 Å². The van der Waals surface area contributed by atoms with Gasteiger partial charge in [-0.1, -0.05) is 32.1 Å². The zero-order chi connectivity index (χ0) is 28.6. The lowest BCUT2D eigenvalue weighted by Crippen LogP contribution is -2.45. The second kappa shape index (κ2) is 12.8. The second-order valence-corrected chi connectivity index (χ2v) is 11.5. The number of phenolic OH excluding ortho intramolecular Hbond substituents is 1. The van der Waals surface area contributed by atoms with Crippen molar-refractivity contribution in [3.63, 3.8) is 0 Å². The van der Waals surface area contributed by atoms with E-state index in [1.54, 1.807) is 18.2 Å². The molecule has 6 N–H and O–H groups in total. The van der Waals surface area contributed by atoms with Gasteiger partial charge in [0.2, 0.25) is 5.91 Å². The average Bonchev–Trinajstić information content (AvgIpc) is 2.85. The van der Waals surface area contributed by atoms with Gasteiger partial charge in [0.25, 0.3) is 0 Å². The van der Waals surface area contributed by atoms with E-state index in [1.165, 1.54) is 0 Å². The van der Waals surface area contributed by atoms with Crippen molar-refractivity contribution < 1.29 is 19.4 Å². The van der Waals surface area contributed by atoms with Gasteiger partial charge in [-0.25, -0.2) is 9.79 Å². The zero-order valence-corrected chi connectivity index (χ0v) is 23.6. The molecule has 2 amide bonds. The number of aromatic hydroxyl groups is 1. The predicted molar refractivity (Wildman–Crippen MR) is 152 cm³/mol. The van der Waals surface area contributed by atoms with Crippen LogP contribution in [0.1, 0.15) is 47.1 Å². The van der Waals surface area contributed by atoms with Crippen molar-refractivity contribution in [3.8, 4) is 5.75 Å². The van der Waals surface area contributed by atoms with Gasteiger partial charge >= 0.3 is 6.09 Å². The molecule has 2 atom stereocenters. The van der Waals surface area contributed by atoms with Gasteiger partial charge in [-0.05, 0) is 63.0 Å². The van der Waals surface area contributed by atoms with Crippen LogP contribution in [0.5, 0.6) is 5.75 Å². The largest absolute Gasteiger partial charge is 0.508 e. The van der Waals surface area contributed by atoms with Gasteiger partial charge in [0.05, 0.1) is 12.5 Å². The Hall–Kier alpha value is -3.86. The molecule has 0 aliphatic carbocycles. The molecule has 2 aliphatic heterocycles. The van der Waals surface area contributed by atoms with Crippen LogP contribution in [0.15, 0.2) is 58.3 Å². The third kappa shape index (κ3) is 10.4. The maximum Gasteiger partial charge on any atom is 0.407 e. The highest BCUT2D eigenvalue weighted by molar-refractivity contribution is 5.97. The van der Waals surface area contributed by atoms with E-state index in [4.69, 9.17) is 4.74 Å². The van der Waals surface area contributed by atoms with Crippen LogP contribution < -0.4 is 26.6 Å². The Kier molecular flexibility index (Phi) is 9.74. The summed E-state index contributed by atoms with van der Waals surface area (Å²) in [5.41, 5.74) is 0.119. The lowest BCUT2D eigenvalue weighted by atomic mass is 9.93. The predicted octanol–water partition coefficient (Wildman–Crippen LogP) is 2.51. The number of ether oxygens (including phenoxy) is 1. The topological polar surface area (TPSA) is 148 Å². The molecule has 0 spiro atoms. The Bertz CT molecular complexity index is 1150. The van der Waals surface area contributed by atoms with Crippen LogP contribution in [-0.2, 0) is 16.1 Å². The highest BCUT2D eigenvalue weighted by Crippen LogP contribution is 2.15. The Morgan fingerprint density at radius 3 is 2.44 bits per heavy atom. The fourth-order valence-corrected chi connectivity index (χ4v) is 3.74. The van der Waals surface area contributed by atoms with Gasteiger partial charge < -0.3 is 31.1 Å². The first-order valence-electron chi connectivity index (χ1n) is 13.1. The fraction of sp³-hybridized carbons (Fsp3) is 0.500. The molecular formula is C28H41N7O4. The molecule has 2 heterocycles. The number of dihydropyridines is 1. The quantitative estimate of drug-likeness (QED) is 0.282. The van der Waals surface area contributed by atoms with E-state index in [0.29, 0.717) is 32.0 Å². The minimum atomic E-state index is -0.562. The summed E-state index contributed by atoms with van der Waals surface area (Å²) < 4.78 is 5.27. The van der Waals surface area contributed by atoms with E-state index in [0.717, 1.165) is 17.2 Å². The van der Waals surface area contributed by atoms with Crippen molar-refractivity contribution in [1.82, 2.24) is 26.6 Å². The van der Waals surface area contributed by atoms with Crippen LogP contribution in [0.3, 0.4) is 0 Å². The van der Waals surface area contributed by atoms with E-state index < -0.39 is 11.7 Å². The van der Waals surface area contributed by atoms with Gasteiger partial charge in [0, 0.05) is 19.6 Å². The molecular weight excluding hydrogens is 498 g/mol. The molecule has 0 saturated heterocycles. The summed E-state index contributed by atoms with van der Waals surface area (Å²) in [5.74, 6) is 1.89. The smallest absolute Gasteiger partial charge is 0.407 e. The van der Waals surface area contributed by atoms with Crippen molar-refractivity contribution >= 4 is 23.7 Å². The van der Waals surface area contributed by atoms with Crippen LogP contribution in [0.2, 0.25) is 0 Å². The molecule has 1 aromatic carbocycles. The highest BCUT2D eigenvalue weighted by Gasteiger charge is 2.25. The number of aliphatic imine (C=N–C) groups is 2. The number of carbonyl (C=O) groups is 2. The standard InChI is InChI=1S/C28H41N7O4/c1-18-33-23(29-14-19-7-10-21(36)11-8-19)13-24(34-18)35-22-12-9-20(15-30-22)25(37)31-16-28(5,6)17-32-26(38)39-27(2,3)4/h7-13,20,23,29,36H,14-17H2,1-6H3,(H,30,35)(H,31,37)(H,32,38)(H,33,34). The summed E-state index contributed by atoms with van der Waals surface area (Å²) in [7, 11) is 0. The lowest BCUT2D eigenvalue weighted by Gasteiger charge is -2.27. The number of amides is 2. The molecule has 39 heavy (non-hydrogen) atoms. The third-order valence-electron chi connectivity index (χ3n) is 5.82. The zero-order valence-electron chi connectivity index (χ0n) is 23.6. The summed E-state index contributed by atoms with van der Waals surface area (Å²) in [6.07, 6.45) is 4.85. The first kappa shape index (κ1) is 29.7. The van der Waals surface area contributed by atoms with E-state index in [1.807, 2.05) is 65.8 Å². The lowest BCUT2D eigenvalue weighted by molar-refractivity contribution is -0.123. The number of amidine groups is 2. The Labute approximate surface area is 230 Å². The molecule has 11 nitrogen and oxygen atoms in total. The highest BCUT2D eigenvalue weighted by atomic mass is 16.6. The number of carbonyl (C=O) groups excluding carboxylic acids is 2.